The van der Waals surface area contributed by atoms with Crippen LogP contribution in [0.2, 0.25) is 23.0 Å². The van der Waals surface area contributed by atoms with Gasteiger partial charge < -0.3 is 0 Å². The molecule has 0 bridgehead atoms. The maximum absolute atomic E-state index is 5.48. The molecule has 0 saturated carbocycles. The molecule has 0 aromatic heterocycles. The normalized spacial score (nSPS) is 12.0. The van der Waals surface area contributed by atoms with Crippen molar-refractivity contribution in [2.24, 2.45) is 0 Å². The van der Waals surface area contributed by atoms with Crippen LogP contribution in [0.25, 0.3) is 0 Å². The second-order valence-corrected chi connectivity index (χ2v) is 35.4. The summed E-state index contributed by atoms with van der Waals surface area (Å²) < 4.78 is 0. The number of hydrogen-bond acceptors (Lipinski definition) is 0. The van der Waals surface area contributed by atoms with E-state index in [9.17, 15) is 0 Å². The van der Waals surface area contributed by atoms with Crippen LogP contribution in [0.4, 0.5) is 0 Å². The molecule has 0 rings (SSSR count). The van der Waals surface area contributed by atoms with E-state index in [1.54, 1.807) is 0 Å². The fraction of sp³-hybridized carbons (Fsp3) is 1.00. The third-order valence-corrected chi connectivity index (χ3v) is 0. The van der Waals surface area contributed by atoms with Gasteiger partial charge in [-0.25, -0.2) is 0 Å². The molecule has 0 unspecified atom stereocenters. The number of rotatable bonds is 0. The van der Waals surface area contributed by atoms with Crippen LogP contribution in [-0.4, -0.2) is 22.8 Å². The second-order valence-electron chi connectivity index (χ2n) is 2.65. The summed E-state index contributed by atoms with van der Waals surface area (Å²) in [5.41, 5.74) is 0. The third kappa shape index (κ3) is 174. The van der Waals surface area contributed by atoms with E-state index in [4.69, 9.17) is 40.0 Å². The average Bonchev–Trinajstić information content (AvgIpc) is 1.12. The van der Waals surface area contributed by atoms with Crippen molar-refractivity contribution in [3.05, 3.63) is 0 Å². The molecule has 0 saturated heterocycles. The fourth-order valence-electron chi connectivity index (χ4n) is 0. The van der Waals surface area contributed by atoms with Crippen LogP contribution in [0.15, 0.2) is 0 Å². The number of hydrogen-bond donors (Lipinski definition) is 0. The Hall–Kier alpha value is 2.25. The maximum atomic E-state index is 5.48. The van der Waals surface area contributed by atoms with Crippen LogP contribution in [0.5, 0.6) is 0 Å². The van der Waals surface area contributed by atoms with Crippen LogP contribution >= 0.6 is 40.0 Å². The Labute approximate surface area is 85.0 Å². The second kappa shape index (κ2) is 5.82. The first-order valence-corrected chi connectivity index (χ1v) is 22.2. The van der Waals surface area contributed by atoms with Gasteiger partial charge in [-0.15, -0.1) is 0 Å². The molecule has 0 nitrogen and oxygen atoms in total. The summed E-state index contributed by atoms with van der Waals surface area (Å²) in [6, 6.07) is 0. The van der Waals surface area contributed by atoms with Gasteiger partial charge in [0.2, 0.25) is 0 Å². The molecule has 0 radical (unpaired) electrons. The first kappa shape index (κ1) is 14.8. The standard InChI is InChI=1S/2C2H6Cl2Ge/c2*1-5(2,3)4/h2*1-2H3. The van der Waals surface area contributed by atoms with E-state index in [1.807, 2.05) is 23.0 Å². The van der Waals surface area contributed by atoms with Crippen molar-refractivity contribution >= 4 is 62.9 Å². The Kier molecular flexibility index (Phi) is 8.58. The molecule has 0 aromatic carbocycles. The van der Waals surface area contributed by atoms with E-state index in [2.05, 4.69) is 0 Å². The van der Waals surface area contributed by atoms with Crippen LogP contribution in [0, 0.1) is 0 Å². The van der Waals surface area contributed by atoms with Gasteiger partial charge in [-0.05, 0) is 0 Å². The Morgan fingerprint density at radius 1 is 0.600 bits per heavy atom. The van der Waals surface area contributed by atoms with Gasteiger partial charge >= 0.3 is 85.9 Å². The fourth-order valence-corrected chi connectivity index (χ4v) is 0. The van der Waals surface area contributed by atoms with E-state index in [-0.39, 0.29) is 0 Å². The van der Waals surface area contributed by atoms with Crippen LogP contribution in [-0.2, 0) is 0 Å². The monoisotopic (exact) mass is 348 g/mol. The average molecular weight is 347 g/mol. The minimum absolute atomic E-state index is 1.91. The Morgan fingerprint density at radius 3 is 0.600 bits per heavy atom. The molecule has 64 valence electrons. The van der Waals surface area contributed by atoms with Gasteiger partial charge in [0, 0.05) is 0 Å². The van der Waals surface area contributed by atoms with Crippen molar-refractivity contribution in [3.63, 3.8) is 0 Å². The predicted octanol–water partition coefficient (Wildman–Crippen LogP) is 4.33. The molecule has 0 heterocycles. The first-order chi connectivity index (χ1) is 4.00. The molecule has 10 heavy (non-hydrogen) atoms. The van der Waals surface area contributed by atoms with Crippen molar-refractivity contribution in [1.29, 1.82) is 0 Å². The molecule has 0 amide bonds. The van der Waals surface area contributed by atoms with Gasteiger partial charge in [0.25, 0.3) is 0 Å². The molecule has 0 aliphatic rings. The molecule has 0 aliphatic heterocycles. The Bertz CT molecular complexity index is 58.2. The van der Waals surface area contributed by atoms with Crippen LogP contribution in [0.1, 0.15) is 0 Å². The summed E-state index contributed by atoms with van der Waals surface area (Å²) in [5, 5.41) is 0. The van der Waals surface area contributed by atoms with Crippen molar-refractivity contribution in [2.75, 3.05) is 0 Å². The van der Waals surface area contributed by atoms with E-state index in [1.165, 1.54) is 0 Å². The summed E-state index contributed by atoms with van der Waals surface area (Å²) in [7, 11) is 21.9. The molecular formula is C4H12Cl4Ge2. The number of halogens is 4. The summed E-state index contributed by atoms with van der Waals surface area (Å²) in [6.07, 6.45) is 0. The first-order valence-electron chi connectivity index (χ1n) is 2.76. The van der Waals surface area contributed by atoms with Crippen LogP contribution < -0.4 is 0 Å². The van der Waals surface area contributed by atoms with E-state index >= 15 is 0 Å². The summed E-state index contributed by atoms with van der Waals surface area (Å²) in [4.78, 5) is 0. The van der Waals surface area contributed by atoms with Gasteiger partial charge in [0.1, 0.15) is 0 Å². The van der Waals surface area contributed by atoms with Gasteiger partial charge in [-0.3, -0.25) is 0 Å². The molecular weight excluding hydrogens is 335 g/mol. The van der Waals surface area contributed by atoms with E-state index in [0.717, 1.165) is 0 Å². The minimum atomic E-state index is -2.06. The molecule has 0 spiro atoms. The summed E-state index contributed by atoms with van der Waals surface area (Å²) in [6.45, 7) is 0. The van der Waals surface area contributed by atoms with Crippen molar-refractivity contribution in [2.45, 2.75) is 23.0 Å². The molecule has 0 fully saturated rings. The molecule has 0 atom stereocenters. The van der Waals surface area contributed by atoms with E-state index < -0.39 is 22.8 Å². The van der Waals surface area contributed by atoms with Crippen molar-refractivity contribution in [1.82, 2.24) is 0 Å². The zero-order chi connectivity index (χ0) is 9.00. The Morgan fingerprint density at radius 2 is 0.600 bits per heavy atom. The SMILES string of the molecule is [CH3][Ge]([CH3])([Cl])[Cl].[CH3][Ge]([CH3])([Cl])[Cl]. The van der Waals surface area contributed by atoms with E-state index in [0.29, 0.717) is 0 Å². The zero-order valence-corrected chi connectivity index (χ0v) is 13.7. The molecule has 0 aliphatic carbocycles. The summed E-state index contributed by atoms with van der Waals surface area (Å²) in [5.74, 6) is 7.62. The predicted molar refractivity (Wildman–Crippen MR) is 58.4 cm³/mol. The molecule has 6 heteroatoms. The molecule has 0 aromatic rings. The van der Waals surface area contributed by atoms with Crippen LogP contribution in [0.3, 0.4) is 0 Å². The topological polar surface area (TPSA) is 0 Å². The van der Waals surface area contributed by atoms with Gasteiger partial charge in [-0.2, -0.15) is 0 Å². The van der Waals surface area contributed by atoms with Gasteiger partial charge in [0.15, 0.2) is 0 Å². The van der Waals surface area contributed by atoms with Gasteiger partial charge in [0.05, 0.1) is 0 Å². The third-order valence-electron chi connectivity index (χ3n) is 0. The Balaban J connectivity index is 0. The van der Waals surface area contributed by atoms with Crippen molar-refractivity contribution in [3.8, 4) is 0 Å². The quantitative estimate of drug-likeness (QED) is 0.572. The zero-order valence-electron chi connectivity index (χ0n) is 6.51. The molecule has 0 N–H and O–H groups in total. The van der Waals surface area contributed by atoms with Gasteiger partial charge in [-0.1, -0.05) is 0 Å². The van der Waals surface area contributed by atoms with Crippen molar-refractivity contribution < 1.29 is 0 Å². The summed E-state index contributed by atoms with van der Waals surface area (Å²) >= 11 is -4.11.